The van der Waals surface area contributed by atoms with Gasteiger partial charge in [-0.1, -0.05) is 6.92 Å². The van der Waals surface area contributed by atoms with Gasteiger partial charge < -0.3 is 10.1 Å². The zero-order valence-corrected chi connectivity index (χ0v) is 11.5. The Hall–Kier alpha value is -0.590. The van der Waals surface area contributed by atoms with Gasteiger partial charge in [-0.25, -0.2) is 0 Å². The van der Waals surface area contributed by atoms with Gasteiger partial charge in [0.1, 0.15) is 0 Å². The summed E-state index contributed by atoms with van der Waals surface area (Å²) in [6.07, 6.45) is -3.76. The Kier molecular flexibility index (Phi) is 5.62. The summed E-state index contributed by atoms with van der Waals surface area (Å²) in [6.45, 7) is 4.40. The Balaban J connectivity index is 3.01. The van der Waals surface area contributed by atoms with Gasteiger partial charge in [-0.2, -0.15) is 24.5 Å². The molecule has 1 heterocycles. The second-order valence-electron chi connectivity index (χ2n) is 4.11. The molecule has 0 aliphatic carbocycles. The Morgan fingerprint density at radius 1 is 1.39 bits per heavy atom. The molecule has 2 nitrogen and oxygen atoms in total. The van der Waals surface area contributed by atoms with Crippen molar-refractivity contribution in [2.45, 2.75) is 38.6 Å². The van der Waals surface area contributed by atoms with Gasteiger partial charge in [0.2, 0.25) is 0 Å². The first-order valence-electron chi connectivity index (χ1n) is 5.81. The summed E-state index contributed by atoms with van der Waals surface area (Å²) >= 11 is 1.07. The van der Waals surface area contributed by atoms with Gasteiger partial charge in [0.25, 0.3) is 0 Å². The summed E-state index contributed by atoms with van der Waals surface area (Å²) in [5.74, 6) is 0. The molecule has 18 heavy (non-hydrogen) atoms. The molecule has 104 valence electrons. The normalized spacial score (nSPS) is 15.7. The molecule has 0 spiro atoms. The number of rotatable bonds is 6. The van der Waals surface area contributed by atoms with Crippen LogP contribution in [0.3, 0.4) is 0 Å². The highest BCUT2D eigenvalue weighted by molar-refractivity contribution is 7.08. The van der Waals surface area contributed by atoms with Crippen molar-refractivity contribution in [3.05, 3.63) is 21.9 Å². The predicted molar refractivity (Wildman–Crippen MR) is 66.8 cm³/mol. The third kappa shape index (κ3) is 3.70. The van der Waals surface area contributed by atoms with Crippen LogP contribution in [0.15, 0.2) is 10.8 Å². The zero-order valence-electron chi connectivity index (χ0n) is 10.7. The maximum atomic E-state index is 12.9. The lowest BCUT2D eigenvalue weighted by Gasteiger charge is -2.25. The predicted octanol–water partition coefficient (Wildman–Crippen LogP) is 3.84. The molecule has 0 fully saturated rings. The number of halogens is 3. The average molecular weight is 281 g/mol. The lowest BCUT2D eigenvalue weighted by atomic mass is 10.0. The van der Waals surface area contributed by atoms with Crippen molar-refractivity contribution in [3.63, 3.8) is 0 Å². The van der Waals surface area contributed by atoms with Gasteiger partial charge in [0, 0.05) is 12.5 Å². The van der Waals surface area contributed by atoms with Gasteiger partial charge in [0.05, 0.1) is 17.7 Å². The number of alkyl halides is 3. The molecule has 0 radical (unpaired) electrons. The van der Waals surface area contributed by atoms with E-state index in [0.717, 1.165) is 23.1 Å². The van der Waals surface area contributed by atoms with Crippen LogP contribution in [0.4, 0.5) is 13.2 Å². The summed E-state index contributed by atoms with van der Waals surface area (Å²) in [7, 11) is 1.50. The van der Waals surface area contributed by atoms with Crippen molar-refractivity contribution in [1.82, 2.24) is 5.32 Å². The largest absolute Gasteiger partial charge is 0.417 e. The second kappa shape index (κ2) is 6.54. The van der Waals surface area contributed by atoms with E-state index < -0.39 is 17.8 Å². The third-order valence-corrected chi connectivity index (χ3v) is 3.55. The smallest absolute Gasteiger partial charge is 0.380 e. The maximum Gasteiger partial charge on any atom is 0.417 e. The van der Waals surface area contributed by atoms with E-state index in [1.54, 1.807) is 12.3 Å². The van der Waals surface area contributed by atoms with Gasteiger partial charge >= 0.3 is 6.18 Å². The van der Waals surface area contributed by atoms with E-state index in [1.807, 2.05) is 6.92 Å². The molecule has 1 N–H and O–H groups in total. The Bertz CT molecular complexity index is 364. The number of thiophene rings is 1. The quantitative estimate of drug-likeness (QED) is 0.855. The van der Waals surface area contributed by atoms with Gasteiger partial charge in [-0.3, -0.25) is 0 Å². The SMILES string of the molecule is CCCNC(c1cscc1C(F)(F)F)C(C)OC. The fourth-order valence-corrected chi connectivity index (χ4v) is 2.64. The molecule has 1 rings (SSSR count). The van der Waals surface area contributed by atoms with Gasteiger partial charge in [-0.05, 0) is 30.8 Å². The van der Waals surface area contributed by atoms with E-state index in [4.69, 9.17) is 4.74 Å². The molecule has 2 unspecified atom stereocenters. The number of hydrogen-bond donors (Lipinski definition) is 1. The van der Waals surface area contributed by atoms with Crippen molar-refractivity contribution in [1.29, 1.82) is 0 Å². The highest BCUT2D eigenvalue weighted by Crippen LogP contribution is 2.38. The van der Waals surface area contributed by atoms with Gasteiger partial charge in [0.15, 0.2) is 0 Å². The van der Waals surface area contributed by atoms with Crippen molar-refractivity contribution in [2.24, 2.45) is 0 Å². The fourth-order valence-electron chi connectivity index (χ4n) is 1.74. The first kappa shape index (κ1) is 15.5. The van der Waals surface area contributed by atoms with E-state index in [2.05, 4.69) is 5.32 Å². The van der Waals surface area contributed by atoms with Crippen molar-refractivity contribution >= 4 is 11.3 Å². The van der Waals surface area contributed by atoms with Crippen LogP contribution in [0.2, 0.25) is 0 Å². The van der Waals surface area contributed by atoms with Crippen molar-refractivity contribution in [3.8, 4) is 0 Å². The lowest BCUT2D eigenvalue weighted by molar-refractivity contribution is -0.138. The minimum absolute atomic E-state index is 0.273. The molecule has 0 aliphatic rings. The second-order valence-corrected chi connectivity index (χ2v) is 4.85. The molecule has 6 heteroatoms. The molecule has 0 amide bonds. The van der Waals surface area contributed by atoms with Crippen molar-refractivity contribution < 1.29 is 17.9 Å². The van der Waals surface area contributed by atoms with E-state index in [0.29, 0.717) is 6.54 Å². The maximum absolute atomic E-state index is 12.9. The summed E-state index contributed by atoms with van der Waals surface area (Å²) < 4.78 is 43.8. The summed E-state index contributed by atoms with van der Waals surface area (Å²) in [4.78, 5) is 0. The highest BCUT2D eigenvalue weighted by atomic mass is 32.1. The van der Waals surface area contributed by atoms with Crippen LogP contribution in [0.25, 0.3) is 0 Å². The number of hydrogen-bond acceptors (Lipinski definition) is 3. The van der Waals surface area contributed by atoms with Crippen molar-refractivity contribution in [2.75, 3.05) is 13.7 Å². The highest BCUT2D eigenvalue weighted by Gasteiger charge is 2.37. The van der Waals surface area contributed by atoms with E-state index in [-0.39, 0.29) is 11.7 Å². The minimum Gasteiger partial charge on any atom is -0.380 e. The number of nitrogens with one attached hydrogen (secondary N) is 1. The monoisotopic (exact) mass is 281 g/mol. The zero-order chi connectivity index (χ0) is 13.8. The first-order chi connectivity index (χ1) is 8.41. The van der Waals surface area contributed by atoms with Crippen LogP contribution in [-0.4, -0.2) is 19.8 Å². The molecule has 0 bridgehead atoms. The first-order valence-corrected chi connectivity index (χ1v) is 6.75. The Morgan fingerprint density at radius 2 is 2.06 bits per heavy atom. The van der Waals surface area contributed by atoms with Gasteiger partial charge in [-0.15, -0.1) is 0 Å². The molecule has 0 aliphatic heterocycles. The van der Waals surface area contributed by atoms with Crippen LogP contribution in [-0.2, 0) is 10.9 Å². The van der Waals surface area contributed by atoms with Crippen LogP contribution in [0.5, 0.6) is 0 Å². The van der Waals surface area contributed by atoms with Crippen LogP contribution in [0.1, 0.15) is 37.4 Å². The Morgan fingerprint density at radius 3 is 2.56 bits per heavy atom. The van der Waals surface area contributed by atoms with Crippen LogP contribution >= 0.6 is 11.3 Å². The van der Waals surface area contributed by atoms with E-state index >= 15 is 0 Å². The Labute approximate surface area is 109 Å². The number of ether oxygens (including phenoxy) is 1. The van der Waals surface area contributed by atoms with E-state index in [9.17, 15) is 13.2 Å². The molecule has 0 aromatic carbocycles. The topological polar surface area (TPSA) is 21.3 Å². The standard InChI is InChI=1S/C12H18F3NOS/c1-4-5-16-11(8(2)17-3)9-6-18-7-10(9)12(13,14)15/h6-8,11,16H,4-5H2,1-3H3. The fraction of sp³-hybridized carbons (Fsp3) is 0.667. The molecule has 1 aromatic heterocycles. The molecule has 0 saturated carbocycles. The number of methoxy groups -OCH3 is 1. The lowest BCUT2D eigenvalue weighted by Crippen LogP contribution is -2.33. The summed E-state index contributed by atoms with van der Waals surface area (Å²) in [6, 6.07) is -0.433. The van der Waals surface area contributed by atoms with Crippen LogP contribution < -0.4 is 5.32 Å². The minimum atomic E-state index is -4.31. The third-order valence-electron chi connectivity index (χ3n) is 2.79. The molecule has 1 aromatic rings. The summed E-state index contributed by atoms with van der Waals surface area (Å²) in [5.41, 5.74) is -0.291. The van der Waals surface area contributed by atoms with Crippen LogP contribution in [0, 0.1) is 0 Å². The molecule has 0 saturated heterocycles. The average Bonchev–Trinajstić information content (AvgIpc) is 2.78. The molecular weight excluding hydrogens is 263 g/mol. The summed E-state index contributed by atoms with van der Waals surface area (Å²) in [5, 5.41) is 5.82. The van der Waals surface area contributed by atoms with E-state index in [1.165, 1.54) is 7.11 Å². The molecular formula is C12H18F3NOS. The molecule has 2 atom stereocenters.